The maximum Gasteiger partial charge on any atom is 0.251 e. The van der Waals surface area contributed by atoms with Crippen molar-refractivity contribution in [1.82, 2.24) is 10.3 Å². The topological polar surface area (TPSA) is 42.0 Å². The van der Waals surface area contributed by atoms with Crippen molar-refractivity contribution in [3.63, 3.8) is 0 Å². The summed E-state index contributed by atoms with van der Waals surface area (Å²) in [6.45, 7) is 2.59. The Morgan fingerprint density at radius 1 is 1.24 bits per heavy atom. The van der Waals surface area contributed by atoms with E-state index in [0.717, 1.165) is 28.1 Å². The molecule has 0 saturated carbocycles. The Morgan fingerprint density at radius 3 is 2.94 bits per heavy atom. The summed E-state index contributed by atoms with van der Waals surface area (Å²) in [7, 11) is 0. The second kappa shape index (κ2) is 3.70. The van der Waals surface area contributed by atoms with Crippen molar-refractivity contribution in [3.05, 3.63) is 53.2 Å². The number of fused-ring (bicyclic) bond motifs is 1. The van der Waals surface area contributed by atoms with Crippen molar-refractivity contribution in [3.8, 4) is 11.3 Å². The molecule has 3 heteroatoms. The van der Waals surface area contributed by atoms with Crippen LogP contribution in [0.15, 0.2) is 36.4 Å². The maximum atomic E-state index is 11.4. The Balaban J connectivity index is 2.09. The number of rotatable bonds is 1. The second-order valence-electron chi connectivity index (χ2n) is 4.22. The second-order valence-corrected chi connectivity index (χ2v) is 4.22. The highest BCUT2D eigenvalue weighted by atomic mass is 16.1. The Kier molecular flexibility index (Phi) is 2.18. The van der Waals surface area contributed by atoms with Gasteiger partial charge >= 0.3 is 0 Å². The zero-order valence-corrected chi connectivity index (χ0v) is 9.53. The molecule has 17 heavy (non-hydrogen) atoms. The van der Waals surface area contributed by atoms with Gasteiger partial charge in [0, 0.05) is 23.4 Å². The SMILES string of the molecule is Cc1cccc(-c2ccc3c(c2)CNC3=O)n1. The van der Waals surface area contributed by atoms with Crippen LogP contribution in [0, 0.1) is 6.92 Å². The lowest BCUT2D eigenvalue weighted by atomic mass is 10.0. The van der Waals surface area contributed by atoms with Crippen LogP contribution in [0.4, 0.5) is 0 Å². The lowest BCUT2D eigenvalue weighted by Crippen LogP contribution is -2.12. The molecule has 1 aromatic heterocycles. The summed E-state index contributed by atoms with van der Waals surface area (Å²) in [5, 5.41) is 2.82. The van der Waals surface area contributed by atoms with Gasteiger partial charge in [-0.05, 0) is 36.8 Å². The fourth-order valence-electron chi connectivity index (χ4n) is 2.10. The molecule has 1 aliphatic heterocycles. The molecule has 1 amide bonds. The number of nitrogens with one attached hydrogen (secondary N) is 1. The summed E-state index contributed by atoms with van der Waals surface area (Å²) in [5.74, 6) is 0.0174. The average molecular weight is 224 g/mol. The first-order valence-electron chi connectivity index (χ1n) is 5.59. The van der Waals surface area contributed by atoms with Crippen LogP contribution in [0.1, 0.15) is 21.6 Å². The largest absolute Gasteiger partial charge is 0.348 e. The molecular formula is C14H12N2O. The van der Waals surface area contributed by atoms with Gasteiger partial charge in [0.25, 0.3) is 5.91 Å². The summed E-state index contributed by atoms with van der Waals surface area (Å²) in [4.78, 5) is 15.9. The van der Waals surface area contributed by atoms with E-state index in [-0.39, 0.29) is 5.91 Å². The van der Waals surface area contributed by atoms with Gasteiger partial charge in [-0.15, -0.1) is 0 Å². The molecule has 0 spiro atoms. The monoisotopic (exact) mass is 224 g/mol. The number of pyridine rings is 1. The molecule has 0 atom stereocenters. The quantitative estimate of drug-likeness (QED) is 0.807. The number of carbonyl (C=O) groups excluding carboxylic acids is 1. The molecule has 1 aromatic carbocycles. The lowest BCUT2D eigenvalue weighted by Gasteiger charge is -2.03. The highest BCUT2D eigenvalue weighted by molar-refractivity contribution is 5.98. The molecule has 1 aliphatic rings. The number of hydrogen-bond acceptors (Lipinski definition) is 2. The van der Waals surface area contributed by atoms with E-state index < -0.39 is 0 Å². The van der Waals surface area contributed by atoms with E-state index >= 15 is 0 Å². The van der Waals surface area contributed by atoms with E-state index in [4.69, 9.17) is 0 Å². The predicted molar refractivity (Wildman–Crippen MR) is 65.6 cm³/mol. The van der Waals surface area contributed by atoms with Gasteiger partial charge in [-0.3, -0.25) is 9.78 Å². The first-order chi connectivity index (χ1) is 8.24. The van der Waals surface area contributed by atoms with Crippen LogP contribution < -0.4 is 5.32 Å². The molecule has 2 heterocycles. The third-order valence-corrected chi connectivity index (χ3v) is 2.97. The molecule has 3 rings (SSSR count). The minimum absolute atomic E-state index is 0.0174. The summed E-state index contributed by atoms with van der Waals surface area (Å²) < 4.78 is 0. The lowest BCUT2D eigenvalue weighted by molar-refractivity contribution is 0.0966. The van der Waals surface area contributed by atoms with Crippen molar-refractivity contribution in [2.24, 2.45) is 0 Å². The minimum Gasteiger partial charge on any atom is -0.348 e. The zero-order chi connectivity index (χ0) is 11.8. The van der Waals surface area contributed by atoms with Crippen LogP contribution in [0.25, 0.3) is 11.3 Å². The van der Waals surface area contributed by atoms with E-state index in [1.54, 1.807) is 0 Å². The third kappa shape index (κ3) is 1.69. The van der Waals surface area contributed by atoms with Crippen LogP contribution in [0.3, 0.4) is 0 Å². The first-order valence-corrected chi connectivity index (χ1v) is 5.59. The molecule has 0 bridgehead atoms. The van der Waals surface area contributed by atoms with Crippen LogP contribution in [0.5, 0.6) is 0 Å². The van der Waals surface area contributed by atoms with Crippen molar-refractivity contribution >= 4 is 5.91 Å². The van der Waals surface area contributed by atoms with Crippen LogP contribution >= 0.6 is 0 Å². The summed E-state index contributed by atoms with van der Waals surface area (Å²) in [5.41, 5.74) is 4.84. The highest BCUT2D eigenvalue weighted by Crippen LogP contribution is 2.23. The Bertz CT molecular complexity index is 605. The number of aryl methyl sites for hydroxylation is 1. The molecule has 0 radical (unpaired) electrons. The molecule has 2 aromatic rings. The molecule has 0 fully saturated rings. The zero-order valence-electron chi connectivity index (χ0n) is 9.53. The predicted octanol–water partition coefficient (Wildman–Crippen LogP) is 2.30. The number of nitrogens with zero attached hydrogens (tertiary/aromatic N) is 1. The standard InChI is InChI=1S/C14H12N2O/c1-9-3-2-4-13(16-9)10-5-6-12-11(7-10)8-15-14(12)17/h2-7H,8H2,1H3,(H,15,17). The van der Waals surface area contributed by atoms with E-state index in [0.29, 0.717) is 6.54 Å². The number of aromatic nitrogens is 1. The van der Waals surface area contributed by atoms with E-state index in [1.807, 2.05) is 43.3 Å². The highest BCUT2D eigenvalue weighted by Gasteiger charge is 2.18. The van der Waals surface area contributed by atoms with Crippen molar-refractivity contribution < 1.29 is 4.79 Å². The summed E-state index contributed by atoms with van der Waals surface area (Å²) in [6, 6.07) is 11.8. The average Bonchev–Trinajstić information content (AvgIpc) is 2.71. The van der Waals surface area contributed by atoms with Crippen molar-refractivity contribution in [2.75, 3.05) is 0 Å². The van der Waals surface area contributed by atoms with Gasteiger partial charge < -0.3 is 5.32 Å². The number of hydrogen-bond donors (Lipinski definition) is 1. The van der Waals surface area contributed by atoms with Gasteiger partial charge in [-0.25, -0.2) is 0 Å². The van der Waals surface area contributed by atoms with Gasteiger partial charge in [-0.2, -0.15) is 0 Å². The Labute approximate surface area is 99.5 Å². The fraction of sp³-hybridized carbons (Fsp3) is 0.143. The van der Waals surface area contributed by atoms with Gasteiger partial charge in [-0.1, -0.05) is 12.1 Å². The van der Waals surface area contributed by atoms with Gasteiger partial charge in [0.2, 0.25) is 0 Å². The van der Waals surface area contributed by atoms with Gasteiger partial charge in [0.05, 0.1) is 5.69 Å². The van der Waals surface area contributed by atoms with Crippen LogP contribution in [-0.2, 0) is 6.54 Å². The normalized spacial score (nSPS) is 13.4. The fourth-order valence-corrected chi connectivity index (χ4v) is 2.10. The molecule has 0 saturated heterocycles. The van der Waals surface area contributed by atoms with Crippen LogP contribution in [-0.4, -0.2) is 10.9 Å². The molecule has 0 aliphatic carbocycles. The van der Waals surface area contributed by atoms with Crippen molar-refractivity contribution in [2.45, 2.75) is 13.5 Å². The molecular weight excluding hydrogens is 212 g/mol. The van der Waals surface area contributed by atoms with E-state index in [2.05, 4.69) is 10.3 Å². The Hall–Kier alpha value is -2.16. The van der Waals surface area contributed by atoms with E-state index in [9.17, 15) is 4.79 Å². The molecule has 3 nitrogen and oxygen atoms in total. The maximum absolute atomic E-state index is 11.4. The van der Waals surface area contributed by atoms with E-state index in [1.165, 1.54) is 0 Å². The smallest absolute Gasteiger partial charge is 0.251 e. The molecule has 1 N–H and O–H groups in total. The summed E-state index contributed by atoms with van der Waals surface area (Å²) >= 11 is 0. The van der Waals surface area contributed by atoms with Crippen molar-refractivity contribution in [1.29, 1.82) is 0 Å². The summed E-state index contributed by atoms with van der Waals surface area (Å²) in [6.07, 6.45) is 0. The molecule has 84 valence electrons. The minimum atomic E-state index is 0.0174. The third-order valence-electron chi connectivity index (χ3n) is 2.97. The number of amides is 1. The van der Waals surface area contributed by atoms with Gasteiger partial charge in [0.1, 0.15) is 0 Å². The van der Waals surface area contributed by atoms with Gasteiger partial charge in [0.15, 0.2) is 0 Å². The van der Waals surface area contributed by atoms with Crippen LogP contribution in [0.2, 0.25) is 0 Å². The Morgan fingerprint density at radius 2 is 2.12 bits per heavy atom. The molecule has 0 unspecified atom stereocenters. The first kappa shape index (κ1) is 10.0. The number of carbonyl (C=O) groups is 1. The number of benzene rings is 1.